The summed E-state index contributed by atoms with van der Waals surface area (Å²) in [6, 6.07) is 7.71. The van der Waals surface area contributed by atoms with Gasteiger partial charge in [0.25, 0.3) is 0 Å². The highest BCUT2D eigenvalue weighted by atomic mass is 16.5. The van der Waals surface area contributed by atoms with Crippen LogP contribution in [0.1, 0.15) is 5.56 Å². The molecule has 0 heterocycles. The van der Waals surface area contributed by atoms with Crippen LogP contribution in [0.4, 0.5) is 0 Å². The van der Waals surface area contributed by atoms with Crippen molar-refractivity contribution in [3.63, 3.8) is 0 Å². The van der Waals surface area contributed by atoms with Crippen molar-refractivity contribution < 1.29 is 4.74 Å². The van der Waals surface area contributed by atoms with Crippen molar-refractivity contribution in [2.45, 2.75) is 0 Å². The summed E-state index contributed by atoms with van der Waals surface area (Å²) >= 11 is 0. The number of allylic oxidation sites excluding steroid dienone is 3. The van der Waals surface area contributed by atoms with Gasteiger partial charge in [0.1, 0.15) is 5.75 Å². The zero-order valence-corrected chi connectivity index (χ0v) is 8.42. The minimum Gasteiger partial charge on any atom is -0.497 e. The Morgan fingerprint density at radius 2 is 1.79 bits per heavy atom. The van der Waals surface area contributed by atoms with E-state index >= 15 is 0 Å². The maximum Gasteiger partial charge on any atom is 0.118 e. The summed E-state index contributed by atoms with van der Waals surface area (Å²) in [7, 11) is 1.65. The van der Waals surface area contributed by atoms with Crippen LogP contribution < -0.4 is 4.74 Å². The Kier molecular flexibility index (Phi) is 3.29. The highest BCUT2D eigenvalue weighted by Gasteiger charge is 2.00. The molecule has 0 aliphatic rings. The summed E-state index contributed by atoms with van der Waals surface area (Å²) in [4.78, 5) is 0. The van der Waals surface area contributed by atoms with Crippen molar-refractivity contribution in [2.75, 3.05) is 7.11 Å². The zero-order chi connectivity index (χ0) is 10.6. The topological polar surface area (TPSA) is 9.23 Å². The van der Waals surface area contributed by atoms with Crippen LogP contribution in [0.5, 0.6) is 5.75 Å². The summed E-state index contributed by atoms with van der Waals surface area (Å²) < 4.78 is 5.06. The van der Waals surface area contributed by atoms with E-state index in [2.05, 4.69) is 19.7 Å². The average Bonchev–Trinajstić information content (AvgIpc) is 2.27. The van der Waals surface area contributed by atoms with Crippen LogP contribution in [0.3, 0.4) is 0 Å². The summed E-state index contributed by atoms with van der Waals surface area (Å²) in [5.41, 5.74) is 2.77. The van der Waals surface area contributed by atoms with Crippen molar-refractivity contribution in [3.05, 3.63) is 61.2 Å². The number of rotatable bonds is 4. The third-order valence-corrected chi connectivity index (χ3v) is 2.07. The van der Waals surface area contributed by atoms with Gasteiger partial charge in [0.2, 0.25) is 0 Å². The Morgan fingerprint density at radius 3 is 2.21 bits per heavy atom. The molecule has 1 aromatic rings. The van der Waals surface area contributed by atoms with E-state index in [-0.39, 0.29) is 0 Å². The molecule has 0 fully saturated rings. The first-order valence-corrected chi connectivity index (χ1v) is 4.34. The fraction of sp³-hybridized carbons (Fsp3) is 0.0769. The normalized spacial score (nSPS) is 9.21. The van der Waals surface area contributed by atoms with Gasteiger partial charge in [0.15, 0.2) is 0 Å². The number of hydrogen-bond acceptors (Lipinski definition) is 1. The van der Waals surface area contributed by atoms with Crippen molar-refractivity contribution in [3.8, 4) is 5.75 Å². The summed E-state index contributed by atoms with van der Waals surface area (Å²) in [6.45, 7) is 11.4. The molecule has 1 rings (SSSR count). The minimum absolute atomic E-state index is 0.839. The second-order valence-electron chi connectivity index (χ2n) is 2.94. The molecule has 1 aromatic carbocycles. The van der Waals surface area contributed by atoms with Crippen LogP contribution in [0.25, 0.3) is 5.57 Å². The first-order valence-electron chi connectivity index (χ1n) is 4.34. The van der Waals surface area contributed by atoms with Gasteiger partial charge in [0.05, 0.1) is 7.11 Å². The Hall–Kier alpha value is -1.76. The van der Waals surface area contributed by atoms with E-state index in [1.807, 2.05) is 24.3 Å². The molecule has 0 atom stereocenters. The molecule has 0 aromatic heterocycles. The Morgan fingerprint density at radius 1 is 1.21 bits per heavy atom. The van der Waals surface area contributed by atoms with Crippen molar-refractivity contribution >= 4 is 5.57 Å². The smallest absolute Gasteiger partial charge is 0.118 e. The lowest BCUT2D eigenvalue weighted by Gasteiger charge is -2.06. The predicted molar refractivity (Wildman–Crippen MR) is 61.4 cm³/mol. The number of benzene rings is 1. The van der Waals surface area contributed by atoms with Crippen molar-refractivity contribution in [2.24, 2.45) is 0 Å². The standard InChI is InChI=1S/C13H14O/c1-5-10(2)11(3)12-6-8-13(14-4)9-7-12/h5-9H,1-3H2,4H3. The highest BCUT2D eigenvalue weighted by molar-refractivity contribution is 5.79. The van der Waals surface area contributed by atoms with Crippen LogP contribution in [-0.4, -0.2) is 7.11 Å². The molecule has 0 amide bonds. The summed E-state index contributed by atoms with van der Waals surface area (Å²) in [5, 5.41) is 0. The SMILES string of the molecule is C=CC(=C)C(=C)c1ccc(OC)cc1. The highest BCUT2D eigenvalue weighted by Crippen LogP contribution is 2.22. The van der Waals surface area contributed by atoms with Crippen molar-refractivity contribution in [1.82, 2.24) is 0 Å². The van der Waals surface area contributed by atoms with E-state index in [0.29, 0.717) is 0 Å². The van der Waals surface area contributed by atoms with Gasteiger partial charge < -0.3 is 4.74 Å². The van der Waals surface area contributed by atoms with Gasteiger partial charge in [0, 0.05) is 0 Å². The molecule has 1 nitrogen and oxygen atoms in total. The largest absolute Gasteiger partial charge is 0.497 e. The quantitative estimate of drug-likeness (QED) is 0.654. The number of ether oxygens (including phenoxy) is 1. The fourth-order valence-corrected chi connectivity index (χ4v) is 1.10. The van der Waals surface area contributed by atoms with Crippen LogP contribution in [0.2, 0.25) is 0 Å². The van der Waals surface area contributed by atoms with Crippen LogP contribution >= 0.6 is 0 Å². The maximum atomic E-state index is 5.06. The molecule has 0 saturated heterocycles. The van der Waals surface area contributed by atoms with E-state index in [9.17, 15) is 0 Å². The van der Waals surface area contributed by atoms with E-state index in [1.54, 1.807) is 13.2 Å². The molecule has 0 bridgehead atoms. The number of hydrogen-bond donors (Lipinski definition) is 0. The van der Waals surface area contributed by atoms with Crippen molar-refractivity contribution in [1.29, 1.82) is 0 Å². The molecule has 72 valence electrons. The first kappa shape index (κ1) is 10.3. The molecule has 0 aliphatic carbocycles. The molecular weight excluding hydrogens is 172 g/mol. The maximum absolute atomic E-state index is 5.06. The molecule has 0 unspecified atom stereocenters. The van der Waals surface area contributed by atoms with Gasteiger partial charge in [-0.05, 0) is 28.8 Å². The van der Waals surface area contributed by atoms with Crippen LogP contribution in [-0.2, 0) is 0 Å². The van der Waals surface area contributed by atoms with E-state index < -0.39 is 0 Å². The van der Waals surface area contributed by atoms with Gasteiger partial charge >= 0.3 is 0 Å². The third-order valence-electron chi connectivity index (χ3n) is 2.07. The molecule has 0 aliphatic heterocycles. The first-order chi connectivity index (χ1) is 6.69. The van der Waals surface area contributed by atoms with Gasteiger partial charge in [-0.3, -0.25) is 0 Å². The second kappa shape index (κ2) is 4.47. The lowest BCUT2D eigenvalue weighted by atomic mass is 10.0. The molecule has 14 heavy (non-hydrogen) atoms. The van der Waals surface area contributed by atoms with Gasteiger partial charge in [-0.25, -0.2) is 0 Å². The summed E-state index contributed by atoms with van der Waals surface area (Å²) in [6.07, 6.45) is 1.70. The van der Waals surface area contributed by atoms with Gasteiger partial charge in [-0.1, -0.05) is 37.9 Å². The lowest BCUT2D eigenvalue weighted by Crippen LogP contribution is -1.86. The Labute approximate surface area is 85.0 Å². The molecule has 0 radical (unpaired) electrons. The molecule has 1 heteroatoms. The molecular formula is C13H14O. The van der Waals surface area contributed by atoms with E-state index in [1.165, 1.54) is 0 Å². The monoisotopic (exact) mass is 186 g/mol. The van der Waals surface area contributed by atoms with Crippen LogP contribution in [0, 0.1) is 0 Å². The fourth-order valence-electron chi connectivity index (χ4n) is 1.10. The van der Waals surface area contributed by atoms with E-state index in [4.69, 9.17) is 4.74 Å². The molecule has 0 N–H and O–H groups in total. The number of methoxy groups -OCH3 is 1. The van der Waals surface area contributed by atoms with Crippen LogP contribution in [0.15, 0.2) is 55.7 Å². The lowest BCUT2D eigenvalue weighted by molar-refractivity contribution is 0.415. The molecule has 0 spiro atoms. The second-order valence-corrected chi connectivity index (χ2v) is 2.94. The zero-order valence-electron chi connectivity index (χ0n) is 8.42. The average molecular weight is 186 g/mol. The predicted octanol–water partition coefficient (Wildman–Crippen LogP) is 3.45. The Balaban J connectivity index is 2.92. The Bertz CT molecular complexity index is 357. The third kappa shape index (κ3) is 2.13. The van der Waals surface area contributed by atoms with Gasteiger partial charge in [-0.15, -0.1) is 0 Å². The minimum atomic E-state index is 0.839. The summed E-state index contributed by atoms with van der Waals surface area (Å²) in [5.74, 6) is 0.839. The van der Waals surface area contributed by atoms with E-state index in [0.717, 1.165) is 22.5 Å². The molecule has 0 saturated carbocycles. The van der Waals surface area contributed by atoms with Gasteiger partial charge in [-0.2, -0.15) is 0 Å².